The highest BCUT2D eigenvalue weighted by Crippen LogP contribution is 2.30. The number of nitrogens with zero attached hydrogens (tertiary/aromatic N) is 1. The van der Waals surface area contributed by atoms with Crippen molar-refractivity contribution in [3.8, 4) is 5.75 Å². The predicted molar refractivity (Wildman–Crippen MR) is 59.4 cm³/mol. The van der Waals surface area contributed by atoms with Gasteiger partial charge in [-0.25, -0.2) is 9.78 Å². The van der Waals surface area contributed by atoms with E-state index < -0.39 is 18.1 Å². The predicted octanol–water partition coefficient (Wildman–Crippen LogP) is 2.56. The Bertz CT molecular complexity index is 646. The van der Waals surface area contributed by atoms with Gasteiger partial charge in [-0.2, -0.15) is 0 Å². The zero-order valence-electron chi connectivity index (χ0n) is 9.23. The Morgan fingerprint density at radius 3 is 2.79 bits per heavy atom. The first-order valence-electron chi connectivity index (χ1n) is 4.99. The maximum atomic E-state index is 12.2. The van der Waals surface area contributed by atoms with E-state index in [0.29, 0.717) is 5.56 Å². The minimum Gasteiger partial charge on any atom is -0.478 e. The molecule has 0 aliphatic carbocycles. The van der Waals surface area contributed by atoms with E-state index in [2.05, 4.69) is 14.7 Å². The Morgan fingerprint density at radius 1 is 1.42 bits per heavy atom. The van der Waals surface area contributed by atoms with Crippen molar-refractivity contribution < 1.29 is 27.8 Å². The van der Waals surface area contributed by atoms with Crippen molar-refractivity contribution >= 4 is 23.1 Å². The Hall–Kier alpha value is -2.51. The highest BCUT2D eigenvalue weighted by atomic mass is 19.4. The van der Waals surface area contributed by atoms with Crippen LogP contribution in [0.3, 0.4) is 0 Å². The van der Waals surface area contributed by atoms with Crippen LogP contribution in [-0.4, -0.2) is 27.4 Å². The first kappa shape index (κ1) is 12.9. The summed E-state index contributed by atoms with van der Waals surface area (Å²) in [6.07, 6.45) is -1.50. The average molecular weight is 272 g/mol. The van der Waals surface area contributed by atoms with E-state index in [1.807, 2.05) is 0 Å². The molecule has 0 aliphatic heterocycles. The number of ether oxygens (including phenoxy) is 1. The van der Waals surface area contributed by atoms with Gasteiger partial charge in [-0.05, 0) is 18.2 Å². The highest BCUT2D eigenvalue weighted by molar-refractivity contribution is 5.93. The fraction of sp³-hybridized carbons (Fsp3) is 0.0909. The summed E-state index contributed by atoms with van der Waals surface area (Å²) < 4.78 is 40.4. The average Bonchev–Trinajstić information content (AvgIpc) is 2.75. The summed E-state index contributed by atoms with van der Waals surface area (Å²) in [5.74, 6) is -1.59. The van der Waals surface area contributed by atoms with Gasteiger partial charge in [0.2, 0.25) is 0 Å². The minimum absolute atomic E-state index is 0.0462. The number of carboxylic acid groups (broad SMARTS) is 1. The SMILES string of the molecule is O=C(O)C=Cc1ccc(OC(F)(F)F)c2[nH]cnc12. The van der Waals surface area contributed by atoms with E-state index in [-0.39, 0.29) is 11.0 Å². The molecule has 0 bridgehead atoms. The number of carboxylic acids is 1. The van der Waals surface area contributed by atoms with Gasteiger partial charge in [0.25, 0.3) is 0 Å². The van der Waals surface area contributed by atoms with Crippen LogP contribution in [0.5, 0.6) is 5.75 Å². The number of imidazole rings is 1. The lowest BCUT2D eigenvalue weighted by atomic mass is 10.1. The lowest BCUT2D eigenvalue weighted by molar-refractivity contribution is -0.274. The number of aromatic amines is 1. The van der Waals surface area contributed by atoms with Gasteiger partial charge >= 0.3 is 12.3 Å². The lowest BCUT2D eigenvalue weighted by Gasteiger charge is -2.09. The van der Waals surface area contributed by atoms with Crippen LogP contribution < -0.4 is 4.74 Å². The largest absolute Gasteiger partial charge is 0.573 e. The summed E-state index contributed by atoms with van der Waals surface area (Å²) in [6, 6.07) is 2.39. The fourth-order valence-corrected chi connectivity index (χ4v) is 1.53. The molecule has 0 unspecified atom stereocenters. The molecule has 1 aromatic heterocycles. The van der Waals surface area contributed by atoms with Crippen molar-refractivity contribution in [2.45, 2.75) is 6.36 Å². The number of carbonyl (C=O) groups is 1. The fourth-order valence-electron chi connectivity index (χ4n) is 1.53. The van der Waals surface area contributed by atoms with E-state index >= 15 is 0 Å². The molecule has 1 heterocycles. The third kappa shape index (κ3) is 3.03. The molecule has 2 rings (SSSR count). The van der Waals surface area contributed by atoms with E-state index in [9.17, 15) is 18.0 Å². The zero-order valence-corrected chi connectivity index (χ0v) is 9.23. The van der Waals surface area contributed by atoms with Crippen molar-refractivity contribution in [1.82, 2.24) is 9.97 Å². The molecule has 1 aromatic carbocycles. The summed E-state index contributed by atoms with van der Waals surface area (Å²) in [5.41, 5.74) is 0.609. The number of hydrogen-bond donors (Lipinski definition) is 2. The van der Waals surface area contributed by atoms with Gasteiger partial charge in [-0.3, -0.25) is 0 Å². The van der Waals surface area contributed by atoms with Crippen LogP contribution in [-0.2, 0) is 4.79 Å². The van der Waals surface area contributed by atoms with Crippen LogP contribution >= 0.6 is 0 Å². The maximum absolute atomic E-state index is 12.2. The smallest absolute Gasteiger partial charge is 0.478 e. The lowest BCUT2D eigenvalue weighted by Crippen LogP contribution is -2.17. The van der Waals surface area contributed by atoms with Gasteiger partial charge in [0.15, 0.2) is 5.75 Å². The first-order valence-corrected chi connectivity index (χ1v) is 4.99. The third-order valence-electron chi connectivity index (χ3n) is 2.20. The maximum Gasteiger partial charge on any atom is 0.573 e. The van der Waals surface area contributed by atoms with Crippen molar-refractivity contribution in [1.29, 1.82) is 0 Å². The number of fused-ring (bicyclic) bond motifs is 1. The monoisotopic (exact) mass is 272 g/mol. The molecule has 0 atom stereocenters. The molecule has 19 heavy (non-hydrogen) atoms. The summed E-state index contributed by atoms with van der Waals surface area (Å²) >= 11 is 0. The van der Waals surface area contributed by atoms with Crippen LogP contribution in [0.1, 0.15) is 5.56 Å². The summed E-state index contributed by atoms with van der Waals surface area (Å²) in [4.78, 5) is 16.8. The van der Waals surface area contributed by atoms with Crippen molar-refractivity contribution in [3.63, 3.8) is 0 Å². The van der Waals surface area contributed by atoms with Gasteiger partial charge in [-0.15, -0.1) is 13.2 Å². The Morgan fingerprint density at radius 2 is 2.16 bits per heavy atom. The van der Waals surface area contributed by atoms with Crippen LogP contribution in [0.15, 0.2) is 24.5 Å². The van der Waals surface area contributed by atoms with Gasteiger partial charge in [0.05, 0.1) is 11.8 Å². The number of alkyl halides is 3. The van der Waals surface area contributed by atoms with E-state index in [1.165, 1.54) is 18.5 Å². The highest BCUT2D eigenvalue weighted by Gasteiger charge is 2.32. The summed E-state index contributed by atoms with van der Waals surface area (Å²) in [6.45, 7) is 0. The number of benzene rings is 1. The summed E-state index contributed by atoms with van der Waals surface area (Å²) in [7, 11) is 0. The summed E-state index contributed by atoms with van der Waals surface area (Å²) in [5, 5.41) is 8.52. The van der Waals surface area contributed by atoms with Crippen LogP contribution in [0.2, 0.25) is 0 Å². The molecule has 2 aromatic rings. The number of H-pyrrole nitrogens is 1. The molecule has 0 fully saturated rings. The van der Waals surface area contributed by atoms with Crippen molar-refractivity contribution in [2.24, 2.45) is 0 Å². The second-order valence-electron chi connectivity index (χ2n) is 3.50. The quantitative estimate of drug-likeness (QED) is 0.842. The molecular formula is C11H7F3N2O3. The molecule has 0 saturated heterocycles. The van der Waals surface area contributed by atoms with E-state index in [1.54, 1.807) is 0 Å². The number of halogens is 3. The molecule has 0 radical (unpaired) electrons. The molecule has 0 spiro atoms. The van der Waals surface area contributed by atoms with Crippen LogP contribution in [0.25, 0.3) is 17.1 Å². The van der Waals surface area contributed by atoms with Gasteiger partial charge in [0, 0.05) is 11.6 Å². The van der Waals surface area contributed by atoms with Gasteiger partial charge < -0.3 is 14.8 Å². The Balaban J connectivity index is 2.47. The molecule has 0 aliphatic rings. The molecular weight excluding hydrogens is 265 g/mol. The standard InChI is InChI=1S/C11H7F3N2O3/c12-11(13,14)19-7-3-1-6(2-4-8(17)18)9-10(7)16-5-15-9/h1-5H,(H,15,16)(H,17,18). The number of nitrogens with one attached hydrogen (secondary N) is 1. The molecule has 100 valence electrons. The Kier molecular flexibility index (Phi) is 3.16. The first-order chi connectivity index (χ1) is 8.87. The van der Waals surface area contributed by atoms with Crippen LogP contribution in [0.4, 0.5) is 13.2 Å². The van der Waals surface area contributed by atoms with Gasteiger partial charge in [-0.1, -0.05) is 0 Å². The Labute approximate surface area is 104 Å². The minimum atomic E-state index is -4.81. The zero-order chi connectivity index (χ0) is 14.0. The van der Waals surface area contributed by atoms with E-state index in [0.717, 1.165) is 12.1 Å². The number of rotatable bonds is 3. The molecule has 5 nitrogen and oxygen atoms in total. The van der Waals surface area contributed by atoms with Crippen molar-refractivity contribution in [3.05, 3.63) is 30.1 Å². The topological polar surface area (TPSA) is 75.2 Å². The normalized spacial score (nSPS) is 12.2. The number of aliphatic carboxylic acids is 1. The third-order valence-corrected chi connectivity index (χ3v) is 2.20. The van der Waals surface area contributed by atoms with Crippen LogP contribution in [0, 0.1) is 0 Å². The second kappa shape index (κ2) is 4.63. The molecule has 2 N–H and O–H groups in total. The van der Waals surface area contributed by atoms with Crippen molar-refractivity contribution in [2.75, 3.05) is 0 Å². The van der Waals surface area contributed by atoms with E-state index in [4.69, 9.17) is 5.11 Å². The molecule has 0 amide bonds. The second-order valence-corrected chi connectivity index (χ2v) is 3.50. The van der Waals surface area contributed by atoms with Gasteiger partial charge in [0.1, 0.15) is 5.52 Å². The molecule has 8 heteroatoms. The number of aromatic nitrogens is 2. The number of hydrogen-bond acceptors (Lipinski definition) is 3. The molecule has 0 saturated carbocycles.